The lowest BCUT2D eigenvalue weighted by Gasteiger charge is -2.22. The molecule has 2 amide bonds. The predicted octanol–water partition coefficient (Wildman–Crippen LogP) is 1.13. The summed E-state index contributed by atoms with van der Waals surface area (Å²) in [6.07, 6.45) is 0. The van der Waals surface area contributed by atoms with Gasteiger partial charge in [0.1, 0.15) is 5.75 Å². The maximum Gasteiger partial charge on any atom is 0.322 e. The third-order valence-electron chi connectivity index (χ3n) is 2.60. The number of ether oxygens (including phenoxy) is 2. The molecule has 0 aliphatic heterocycles. The molecule has 6 heteroatoms. The van der Waals surface area contributed by atoms with E-state index in [1.807, 2.05) is 12.1 Å². The topological polar surface area (TPSA) is 76.8 Å². The Morgan fingerprint density at radius 3 is 2.68 bits per heavy atom. The van der Waals surface area contributed by atoms with Crippen LogP contribution in [0.1, 0.15) is 0 Å². The van der Waals surface area contributed by atoms with E-state index in [-0.39, 0.29) is 6.03 Å². The number of hydrogen-bond donors (Lipinski definition) is 2. The smallest absolute Gasteiger partial charge is 0.322 e. The molecule has 0 bridgehead atoms. The third kappa shape index (κ3) is 4.76. The molecule has 0 fully saturated rings. The van der Waals surface area contributed by atoms with Crippen LogP contribution in [-0.4, -0.2) is 51.4 Å². The molecule has 0 aromatic heterocycles. The Kier molecular flexibility index (Phi) is 6.70. The summed E-state index contributed by atoms with van der Waals surface area (Å²) in [5, 5.41) is 2.81. The molecule has 1 aromatic carbocycles. The van der Waals surface area contributed by atoms with E-state index in [0.29, 0.717) is 37.7 Å². The highest BCUT2D eigenvalue weighted by molar-refractivity contribution is 5.91. The first-order valence-electron chi connectivity index (χ1n) is 6.11. The van der Waals surface area contributed by atoms with Gasteiger partial charge in [-0.1, -0.05) is 12.1 Å². The number of nitrogens with one attached hydrogen (secondary N) is 1. The average Bonchev–Trinajstić information content (AvgIpc) is 2.44. The fourth-order valence-corrected chi connectivity index (χ4v) is 1.61. The van der Waals surface area contributed by atoms with Gasteiger partial charge >= 0.3 is 6.03 Å². The zero-order valence-electron chi connectivity index (χ0n) is 11.4. The molecule has 0 aliphatic rings. The van der Waals surface area contributed by atoms with Crippen molar-refractivity contribution >= 4 is 11.7 Å². The van der Waals surface area contributed by atoms with Gasteiger partial charge in [-0.25, -0.2) is 4.79 Å². The van der Waals surface area contributed by atoms with Crippen molar-refractivity contribution in [2.45, 2.75) is 0 Å². The molecule has 0 aliphatic carbocycles. The summed E-state index contributed by atoms with van der Waals surface area (Å²) in [5.41, 5.74) is 6.13. The molecular weight excluding hydrogens is 246 g/mol. The number of rotatable bonds is 7. The lowest BCUT2D eigenvalue weighted by molar-refractivity contribution is 0.156. The van der Waals surface area contributed by atoms with E-state index in [1.54, 1.807) is 31.3 Å². The fourth-order valence-electron chi connectivity index (χ4n) is 1.61. The quantitative estimate of drug-likeness (QED) is 0.776. The molecule has 0 saturated heterocycles. The number of carbonyl (C=O) groups is 1. The van der Waals surface area contributed by atoms with Crippen LogP contribution >= 0.6 is 0 Å². The minimum Gasteiger partial charge on any atom is -0.495 e. The van der Waals surface area contributed by atoms with E-state index in [4.69, 9.17) is 15.2 Å². The molecule has 0 atom stereocenters. The lowest BCUT2D eigenvalue weighted by atomic mass is 10.3. The van der Waals surface area contributed by atoms with Crippen molar-refractivity contribution in [2.24, 2.45) is 5.73 Å². The van der Waals surface area contributed by atoms with Crippen molar-refractivity contribution in [3.05, 3.63) is 24.3 Å². The molecule has 0 radical (unpaired) electrons. The van der Waals surface area contributed by atoms with Crippen LogP contribution in [0.2, 0.25) is 0 Å². The number of nitrogens with zero attached hydrogens (tertiary/aromatic N) is 1. The Bertz CT molecular complexity index is 398. The van der Waals surface area contributed by atoms with Crippen molar-refractivity contribution < 1.29 is 14.3 Å². The summed E-state index contributed by atoms with van der Waals surface area (Å²) in [6, 6.07) is 7.04. The second kappa shape index (κ2) is 8.34. The van der Waals surface area contributed by atoms with E-state index < -0.39 is 0 Å². The second-order valence-electron chi connectivity index (χ2n) is 3.90. The Balaban J connectivity index is 2.69. The van der Waals surface area contributed by atoms with E-state index in [9.17, 15) is 4.79 Å². The first-order valence-corrected chi connectivity index (χ1v) is 6.11. The highest BCUT2D eigenvalue weighted by atomic mass is 16.5. The van der Waals surface area contributed by atoms with E-state index in [0.717, 1.165) is 0 Å². The van der Waals surface area contributed by atoms with Gasteiger partial charge in [0.25, 0.3) is 0 Å². The highest BCUT2D eigenvalue weighted by Crippen LogP contribution is 2.23. The van der Waals surface area contributed by atoms with Gasteiger partial charge in [0.15, 0.2) is 0 Å². The first kappa shape index (κ1) is 15.3. The van der Waals surface area contributed by atoms with Crippen LogP contribution in [-0.2, 0) is 4.74 Å². The maximum absolute atomic E-state index is 12.1. The summed E-state index contributed by atoms with van der Waals surface area (Å²) in [4.78, 5) is 13.7. The molecule has 1 rings (SSSR count). The Labute approximate surface area is 113 Å². The minimum absolute atomic E-state index is 0.216. The Morgan fingerprint density at radius 2 is 2.05 bits per heavy atom. The molecule has 1 aromatic rings. The number of nitrogens with two attached hydrogens (primary N) is 1. The van der Waals surface area contributed by atoms with E-state index in [2.05, 4.69) is 5.32 Å². The number of hydrogen-bond acceptors (Lipinski definition) is 4. The summed E-state index contributed by atoms with van der Waals surface area (Å²) in [7, 11) is 3.16. The van der Waals surface area contributed by atoms with Gasteiger partial charge in [-0.3, -0.25) is 0 Å². The number of para-hydroxylation sites is 2. The van der Waals surface area contributed by atoms with Gasteiger partial charge in [-0.05, 0) is 12.1 Å². The number of amides is 2. The maximum atomic E-state index is 12.1. The highest BCUT2D eigenvalue weighted by Gasteiger charge is 2.14. The normalized spacial score (nSPS) is 10.1. The summed E-state index contributed by atoms with van der Waals surface area (Å²) >= 11 is 0. The Morgan fingerprint density at radius 1 is 1.32 bits per heavy atom. The standard InChI is InChI=1S/C13H21N3O3/c1-18-10-9-16(8-7-14)13(17)15-11-5-3-4-6-12(11)19-2/h3-6H,7-10,14H2,1-2H3,(H,15,17). The summed E-state index contributed by atoms with van der Waals surface area (Å²) in [6.45, 7) is 1.85. The zero-order valence-corrected chi connectivity index (χ0v) is 11.4. The van der Waals surface area contributed by atoms with Crippen molar-refractivity contribution in [3.63, 3.8) is 0 Å². The zero-order chi connectivity index (χ0) is 14.1. The molecule has 19 heavy (non-hydrogen) atoms. The summed E-state index contributed by atoms with van der Waals surface area (Å²) < 4.78 is 10.2. The molecule has 0 saturated carbocycles. The molecule has 6 nitrogen and oxygen atoms in total. The van der Waals surface area contributed by atoms with E-state index >= 15 is 0 Å². The molecule has 0 spiro atoms. The monoisotopic (exact) mass is 267 g/mol. The Hall–Kier alpha value is -1.79. The summed E-state index contributed by atoms with van der Waals surface area (Å²) in [5.74, 6) is 0.621. The molecule has 0 heterocycles. The fraction of sp³-hybridized carbons (Fsp3) is 0.462. The molecule has 106 valence electrons. The molecular formula is C13H21N3O3. The number of carbonyl (C=O) groups excluding carboxylic acids is 1. The third-order valence-corrected chi connectivity index (χ3v) is 2.60. The van der Waals surface area contributed by atoms with Crippen LogP contribution in [0.15, 0.2) is 24.3 Å². The largest absolute Gasteiger partial charge is 0.495 e. The minimum atomic E-state index is -0.216. The van der Waals surface area contributed by atoms with E-state index in [1.165, 1.54) is 0 Å². The SMILES string of the molecule is COCCN(CCN)C(=O)Nc1ccccc1OC. The van der Waals surface area contributed by atoms with Gasteiger partial charge in [0.2, 0.25) is 0 Å². The number of benzene rings is 1. The van der Waals surface area contributed by atoms with Gasteiger partial charge in [-0.15, -0.1) is 0 Å². The van der Waals surface area contributed by atoms with Crippen LogP contribution in [0.5, 0.6) is 5.75 Å². The number of methoxy groups -OCH3 is 2. The average molecular weight is 267 g/mol. The van der Waals surface area contributed by atoms with Crippen molar-refractivity contribution in [1.29, 1.82) is 0 Å². The van der Waals surface area contributed by atoms with Crippen LogP contribution < -0.4 is 15.8 Å². The number of urea groups is 1. The van der Waals surface area contributed by atoms with Crippen molar-refractivity contribution in [3.8, 4) is 5.75 Å². The van der Waals surface area contributed by atoms with Gasteiger partial charge in [-0.2, -0.15) is 0 Å². The second-order valence-corrected chi connectivity index (χ2v) is 3.90. The lowest BCUT2D eigenvalue weighted by Crippen LogP contribution is -2.40. The first-order chi connectivity index (χ1) is 9.22. The van der Waals surface area contributed by atoms with Crippen LogP contribution in [0.4, 0.5) is 10.5 Å². The van der Waals surface area contributed by atoms with Crippen LogP contribution in [0.3, 0.4) is 0 Å². The molecule has 0 unspecified atom stereocenters. The van der Waals surface area contributed by atoms with Gasteiger partial charge < -0.3 is 25.4 Å². The van der Waals surface area contributed by atoms with Crippen molar-refractivity contribution in [1.82, 2.24) is 4.90 Å². The van der Waals surface area contributed by atoms with Gasteiger partial charge in [0.05, 0.1) is 19.4 Å². The van der Waals surface area contributed by atoms with Crippen LogP contribution in [0.25, 0.3) is 0 Å². The van der Waals surface area contributed by atoms with Gasteiger partial charge in [0, 0.05) is 26.7 Å². The number of anilines is 1. The predicted molar refractivity (Wildman–Crippen MR) is 74.5 cm³/mol. The molecule has 3 N–H and O–H groups in total. The van der Waals surface area contributed by atoms with Crippen LogP contribution in [0, 0.1) is 0 Å². The van der Waals surface area contributed by atoms with Crippen molar-refractivity contribution in [2.75, 3.05) is 45.8 Å².